The Morgan fingerprint density at radius 2 is 1.61 bits per heavy atom. The molecule has 1 atom stereocenters. The number of rotatable bonds is 6. The summed E-state index contributed by atoms with van der Waals surface area (Å²) in [5.74, 6) is 0.403. The van der Waals surface area contributed by atoms with Gasteiger partial charge in [-0.3, -0.25) is 4.79 Å². The lowest BCUT2D eigenvalue weighted by Gasteiger charge is -2.20. The standard InChI is InChI=1S/C24H32N2O4S/c1-17-15-18(2)19(3)23(16-17)30-20(4)24(27)25-21-9-11-22(12-10-21)31(28,29)26-13-7-5-6-8-14-26/h9-12,15-16,20H,5-8,13-14H2,1-4H3,(H,25,27)/t20-/m1/s1. The molecule has 7 heteroatoms. The van der Waals surface area contributed by atoms with Gasteiger partial charge in [0.2, 0.25) is 10.0 Å². The van der Waals surface area contributed by atoms with Crippen LogP contribution in [-0.2, 0) is 14.8 Å². The molecule has 1 aliphatic rings. The van der Waals surface area contributed by atoms with E-state index in [2.05, 4.69) is 11.4 Å². The molecule has 1 N–H and O–H groups in total. The first kappa shape index (κ1) is 23.3. The van der Waals surface area contributed by atoms with Crippen LogP contribution in [0.25, 0.3) is 0 Å². The van der Waals surface area contributed by atoms with Gasteiger partial charge in [0.25, 0.3) is 5.91 Å². The number of ether oxygens (including phenoxy) is 1. The molecule has 1 amide bonds. The number of anilines is 1. The van der Waals surface area contributed by atoms with E-state index in [0.717, 1.165) is 42.4 Å². The first-order valence-corrected chi connectivity index (χ1v) is 12.3. The molecule has 0 bridgehead atoms. The van der Waals surface area contributed by atoms with Gasteiger partial charge >= 0.3 is 0 Å². The summed E-state index contributed by atoms with van der Waals surface area (Å²) in [6.45, 7) is 8.80. The van der Waals surface area contributed by atoms with Crippen molar-refractivity contribution in [3.05, 3.63) is 53.1 Å². The molecule has 1 heterocycles. The summed E-state index contributed by atoms with van der Waals surface area (Å²) in [5, 5.41) is 2.81. The summed E-state index contributed by atoms with van der Waals surface area (Å²) >= 11 is 0. The number of nitrogens with zero attached hydrogens (tertiary/aromatic N) is 1. The number of aryl methyl sites for hydroxylation is 2. The van der Waals surface area contributed by atoms with Gasteiger partial charge in [-0.15, -0.1) is 0 Å². The Morgan fingerprint density at radius 3 is 2.23 bits per heavy atom. The van der Waals surface area contributed by atoms with Crippen LogP contribution in [0, 0.1) is 20.8 Å². The first-order valence-electron chi connectivity index (χ1n) is 10.8. The van der Waals surface area contributed by atoms with Gasteiger partial charge in [-0.05, 0) is 87.6 Å². The van der Waals surface area contributed by atoms with E-state index in [4.69, 9.17) is 4.74 Å². The molecule has 0 saturated carbocycles. The van der Waals surface area contributed by atoms with Crippen LogP contribution in [0.3, 0.4) is 0 Å². The number of benzene rings is 2. The van der Waals surface area contributed by atoms with Crippen molar-refractivity contribution in [3.8, 4) is 5.75 Å². The molecule has 1 aliphatic heterocycles. The largest absolute Gasteiger partial charge is 0.481 e. The van der Waals surface area contributed by atoms with Gasteiger partial charge in [0.05, 0.1) is 4.90 Å². The zero-order valence-electron chi connectivity index (χ0n) is 18.8. The number of hydrogen-bond donors (Lipinski definition) is 1. The number of hydrogen-bond acceptors (Lipinski definition) is 4. The summed E-state index contributed by atoms with van der Waals surface area (Å²) < 4.78 is 33.2. The van der Waals surface area contributed by atoms with E-state index in [1.165, 1.54) is 0 Å². The highest BCUT2D eigenvalue weighted by Gasteiger charge is 2.25. The van der Waals surface area contributed by atoms with Gasteiger partial charge in [0, 0.05) is 18.8 Å². The quantitative estimate of drug-likeness (QED) is 0.707. The molecule has 0 spiro atoms. The summed E-state index contributed by atoms with van der Waals surface area (Å²) in [7, 11) is -3.50. The van der Waals surface area contributed by atoms with Crippen LogP contribution in [0.1, 0.15) is 49.3 Å². The van der Waals surface area contributed by atoms with Crippen LogP contribution < -0.4 is 10.1 Å². The lowest BCUT2D eigenvalue weighted by molar-refractivity contribution is -0.122. The molecule has 0 unspecified atom stereocenters. The van der Waals surface area contributed by atoms with E-state index >= 15 is 0 Å². The number of sulfonamides is 1. The van der Waals surface area contributed by atoms with E-state index < -0.39 is 16.1 Å². The Bertz CT molecular complexity index is 1020. The molecule has 168 valence electrons. The van der Waals surface area contributed by atoms with E-state index in [9.17, 15) is 13.2 Å². The average Bonchev–Trinajstić information content (AvgIpc) is 3.02. The number of carbonyl (C=O) groups excluding carboxylic acids is 1. The predicted molar refractivity (Wildman–Crippen MR) is 123 cm³/mol. The Balaban J connectivity index is 1.66. The maximum absolute atomic E-state index is 12.9. The highest BCUT2D eigenvalue weighted by atomic mass is 32.2. The third-order valence-corrected chi connectivity index (χ3v) is 7.67. The molecule has 31 heavy (non-hydrogen) atoms. The molecule has 1 saturated heterocycles. The van der Waals surface area contributed by atoms with E-state index in [-0.39, 0.29) is 10.8 Å². The van der Waals surface area contributed by atoms with Crippen LogP contribution >= 0.6 is 0 Å². The molecular weight excluding hydrogens is 412 g/mol. The average molecular weight is 445 g/mol. The summed E-state index contributed by atoms with van der Waals surface area (Å²) in [4.78, 5) is 12.9. The maximum atomic E-state index is 12.9. The van der Waals surface area contributed by atoms with Crippen molar-refractivity contribution in [2.75, 3.05) is 18.4 Å². The summed E-state index contributed by atoms with van der Waals surface area (Å²) in [5.41, 5.74) is 3.73. The minimum atomic E-state index is -3.50. The van der Waals surface area contributed by atoms with Crippen molar-refractivity contribution in [2.45, 2.75) is 64.4 Å². The van der Waals surface area contributed by atoms with Crippen molar-refractivity contribution >= 4 is 21.6 Å². The third kappa shape index (κ3) is 5.66. The molecule has 6 nitrogen and oxygen atoms in total. The number of amides is 1. The fraction of sp³-hybridized carbons (Fsp3) is 0.458. The zero-order valence-corrected chi connectivity index (χ0v) is 19.6. The number of carbonyl (C=O) groups is 1. The van der Waals surface area contributed by atoms with Gasteiger partial charge in [0.1, 0.15) is 5.75 Å². The molecule has 0 aromatic heterocycles. The van der Waals surface area contributed by atoms with E-state index in [0.29, 0.717) is 24.5 Å². The Hall–Kier alpha value is -2.38. The Labute approximate surface area is 185 Å². The second-order valence-corrected chi connectivity index (χ2v) is 10.2. The van der Waals surface area contributed by atoms with E-state index in [1.807, 2.05) is 26.8 Å². The molecule has 0 aliphatic carbocycles. The highest BCUT2D eigenvalue weighted by molar-refractivity contribution is 7.89. The Kier molecular flexibility index (Phi) is 7.38. The van der Waals surface area contributed by atoms with Crippen LogP contribution in [-0.4, -0.2) is 37.8 Å². The monoisotopic (exact) mass is 444 g/mol. The minimum Gasteiger partial charge on any atom is -0.481 e. The maximum Gasteiger partial charge on any atom is 0.265 e. The van der Waals surface area contributed by atoms with Crippen LogP contribution in [0.4, 0.5) is 5.69 Å². The minimum absolute atomic E-state index is 0.252. The van der Waals surface area contributed by atoms with Gasteiger partial charge in [0.15, 0.2) is 6.10 Å². The molecule has 0 radical (unpaired) electrons. The number of nitrogens with one attached hydrogen (secondary N) is 1. The van der Waals surface area contributed by atoms with Crippen molar-refractivity contribution in [2.24, 2.45) is 0 Å². The van der Waals surface area contributed by atoms with Crippen molar-refractivity contribution in [1.29, 1.82) is 0 Å². The summed E-state index contributed by atoms with van der Waals surface area (Å²) in [6, 6.07) is 10.3. The fourth-order valence-electron chi connectivity index (χ4n) is 3.75. The lowest BCUT2D eigenvalue weighted by atomic mass is 10.1. The van der Waals surface area contributed by atoms with Gasteiger partial charge in [-0.25, -0.2) is 8.42 Å². The summed E-state index contributed by atoms with van der Waals surface area (Å²) in [6.07, 6.45) is 3.23. The molecular formula is C24H32N2O4S. The molecule has 2 aromatic rings. The van der Waals surface area contributed by atoms with Crippen molar-refractivity contribution in [3.63, 3.8) is 0 Å². The SMILES string of the molecule is Cc1cc(C)c(C)c(O[C@H](C)C(=O)Nc2ccc(S(=O)(=O)N3CCCCCC3)cc2)c1. The Morgan fingerprint density at radius 1 is 1.00 bits per heavy atom. The fourth-order valence-corrected chi connectivity index (χ4v) is 5.27. The lowest BCUT2D eigenvalue weighted by Crippen LogP contribution is -2.32. The van der Waals surface area contributed by atoms with Crippen LogP contribution in [0.2, 0.25) is 0 Å². The third-order valence-electron chi connectivity index (χ3n) is 5.76. The van der Waals surface area contributed by atoms with Crippen LogP contribution in [0.5, 0.6) is 5.75 Å². The topological polar surface area (TPSA) is 75.7 Å². The van der Waals surface area contributed by atoms with Gasteiger partial charge in [-0.1, -0.05) is 18.9 Å². The molecule has 2 aromatic carbocycles. The van der Waals surface area contributed by atoms with E-state index in [1.54, 1.807) is 35.5 Å². The second-order valence-electron chi connectivity index (χ2n) is 8.30. The molecule has 3 rings (SSSR count). The normalized spacial score (nSPS) is 16.4. The highest BCUT2D eigenvalue weighted by Crippen LogP contribution is 2.25. The van der Waals surface area contributed by atoms with Crippen molar-refractivity contribution in [1.82, 2.24) is 4.31 Å². The predicted octanol–water partition coefficient (Wildman–Crippen LogP) is 4.58. The zero-order chi connectivity index (χ0) is 22.6. The smallest absolute Gasteiger partial charge is 0.265 e. The first-order chi connectivity index (χ1) is 14.7. The van der Waals surface area contributed by atoms with Gasteiger partial charge in [-0.2, -0.15) is 4.31 Å². The second kappa shape index (κ2) is 9.83. The molecule has 1 fully saturated rings. The van der Waals surface area contributed by atoms with Crippen LogP contribution in [0.15, 0.2) is 41.3 Å². The van der Waals surface area contributed by atoms with Crippen molar-refractivity contribution < 1.29 is 17.9 Å². The van der Waals surface area contributed by atoms with Gasteiger partial charge < -0.3 is 10.1 Å².